The van der Waals surface area contributed by atoms with E-state index in [0.29, 0.717) is 0 Å². The monoisotopic (exact) mass is 148 g/mol. The molecule has 0 aromatic carbocycles. The van der Waals surface area contributed by atoms with Gasteiger partial charge in [-0.25, -0.2) is 0 Å². The fourth-order valence-electron chi connectivity index (χ4n) is 0.582. The second-order valence-electron chi connectivity index (χ2n) is 2.13. The topological polar surface area (TPSA) is 0 Å². The van der Waals surface area contributed by atoms with Gasteiger partial charge in [-0.3, -0.25) is 0 Å². The molecule has 0 rings (SSSR count). The lowest BCUT2D eigenvalue weighted by Crippen LogP contribution is -1.52. The first kappa shape index (κ1) is 9.96. The Morgan fingerprint density at radius 1 is 0.818 bits per heavy atom. The van der Waals surface area contributed by atoms with Crippen molar-refractivity contribution in [2.75, 3.05) is 0 Å². The van der Waals surface area contributed by atoms with Gasteiger partial charge in [0.15, 0.2) is 0 Å². The summed E-state index contributed by atoms with van der Waals surface area (Å²) in [5.41, 5.74) is 0. The van der Waals surface area contributed by atoms with Crippen molar-refractivity contribution in [3.8, 4) is 0 Å². The highest BCUT2D eigenvalue weighted by Crippen LogP contribution is 1.83. The first-order valence-corrected chi connectivity index (χ1v) is 4.03. The SMILES string of the molecule is C\C=C/C=C\C=C\C=C\CC. The first-order valence-electron chi connectivity index (χ1n) is 4.03. The zero-order chi connectivity index (χ0) is 8.36. The molecule has 0 amide bonds. The molecule has 0 unspecified atom stereocenters. The minimum Gasteiger partial charge on any atom is -0.0877 e. The van der Waals surface area contributed by atoms with Crippen LogP contribution in [0, 0.1) is 0 Å². The van der Waals surface area contributed by atoms with Crippen LogP contribution in [0.3, 0.4) is 0 Å². The van der Waals surface area contributed by atoms with Crippen LogP contribution < -0.4 is 0 Å². The molecule has 0 spiro atoms. The minimum absolute atomic E-state index is 1.10. The van der Waals surface area contributed by atoms with Crippen molar-refractivity contribution in [2.45, 2.75) is 20.3 Å². The van der Waals surface area contributed by atoms with Gasteiger partial charge in [-0.05, 0) is 13.3 Å². The molecule has 11 heavy (non-hydrogen) atoms. The summed E-state index contributed by atoms with van der Waals surface area (Å²) in [5, 5.41) is 0. The number of hydrogen-bond donors (Lipinski definition) is 0. The van der Waals surface area contributed by atoms with Gasteiger partial charge < -0.3 is 0 Å². The average molecular weight is 148 g/mol. The molecule has 0 saturated carbocycles. The van der Waals surface area contributed by atoms with E-state index in [9.17, 15) is 0 Å². The van der Waals surface area contributed by atoms with E-state index in [1.165, 1.54) is 0 Å². The maximum Gasteiger partial charge on any atom is -0.0376 e. The molecule has 0 heterocycles. The highest BCUT2D eigenvalue weighted by molar-refractivity contribution is 5.14. The van der Waals surface area contributed by atoms with Gasteiger partial charge in [0.2, 0.25) is 0 Å². The molecular formula is C11H16. The fraction of sp³-hybridized carbons (Fsp3) is 0.273. The predicted octanol–water partition coefficient (Wildman–Crippen LogP) is 3.64. The Kier molecular flexibility index (Phi) is 8.11. The van der Waals surface area contributed by atoms with Gasteiger partial charge in [0, 0.05) is 0 Å². The van der Waals surface area contributed by atoms with Crippen LogP contribution in [-0.2, 0) is 0 Å². The van der Waals surface area contributed by atoms with Gasteiger partial charge in [0.25, 0.3) is 0 Å². The summed E-state index contributed by atoms with van der Waals surface area (Å²) in [6, 6.07) is 0. The molecule has 0 bridgehead atoms. The van der Waals surface area contributed by atoms with Gasteiger partial charge >= 0.3 is 0 Å². The molecule has 0 N–H and O–H groups in total. The van der Waals surface area contributed by atoms with Crippen molar-refractivity contribution in [3.05, 3.63) is 48.6 Å². The maximum atomic E-state index is 2.12. The second-order valence-corrected chi connectivity index (χ2v) is 2.13. The Bertz CT molecular complexity index is 168. The molecule has 0 heteroatoms. The summed E-state index contributed by atoms with van der Waals surface area (Å²) >= 11 is 0. The maximum absolute atomic E-state index is 2.12. The normalized spacial score (nSPS) is 13.3. The quantitative estimate of drug-likeness (QED) is 0.534. The molecule has 0 aliphatic rings. The van der Waals surface area contributed by atoms with Crippen molar-refractivity contribution in [1.82, 2.24) is 0 Å². The van der Waals surface area contributed by atoms with Crippen molar-refractivity contribution in [3.63, 3.8) is 0 Å². The molecule has 0 atom stereocenters. The summed E-state index contributed by atoms with van der Waals surface area (Å²) in [6.07, 6.45) is 17.4. The molecular weight excluding hydrogens is 132 g/mol. The molecule has 60 valence electrons. The Labute approximate surface area is 69.6 Å². The number of allylic oxidation sites excluding steroid dienone is 8. The number of rotatable bonds is 4. The van der Waals surface area contributed by atoms with Crippen molar-refractivity contribution in [1.29, 1.82) is 0 Å². The lowest BCUT2D eigenvalue weighted by atomic mass is 10.3. The average Bonchev–Trinajstić information content (AvgIpc) is 2.03. The highest BCUT2D eigenvalue weighted by Gasteiger charge is 1.62. The van der Waals surface area contributed by atoms with E-state index in [0.717, 1.165) is 6.42 Å². The molecule has 0 aromatic heterocycles. The Morgan fingerprint density at radius 2 is 1.36 bits per heavy atom. The van der Waals surface area contributed by atoms with E-state index in [1.807, 2.05) is 43.4 Å². The van der Waals surface area contributed by atoms with Crippen LogP contribution in [-0.4, -0.2) is 0 Å². The van der Waals surface area contributed by atoms with Gasteiger partial charge in [0.05, 0.1) is 0 Å². The van der Waals surface area contributed by atoms with Crippen LogP contribution in [0.5, 0.6) is 0 Å². The zero-order valence-electron chi connectivity index (χ0n) is 7.33. The third-order valence-corrected chi connectivity index (χ3v) is 1.12. The van der Waals surface area contributed by atoms with E-state index in [1.54, 1.807) is 0 Å². The van der Waals surface area contributed by atoms with Gasteiger partial charge in [-0.1, -0.05) is 55.5 Å². The van der Waals surface area contributed by atoms with Crippen LogP contribution in [0.25, 0.3) is 0 Å². The molecule has 0 fully saturated rings. The Balaban J connectivity index is 3.51. The van der Waals surface area contributed by atoms with E-state index >= 15 is 0 Å². The van der Waals surface area contributed by atoms with Crippen LogP contribution in [0.2, 0.25) is 0 Å². The lowest BCUT2D eigenvalue weighted by molar-refractivity contribution is 1.22. The van der Waals surface area contributed by atoms with Crippen LogP contribution in [0.1, 0.15) is 20.3 Å². The predicted molar refractivity (Wildman–Crippen MR) is 52.5 cm³/mol. The van der Waals surface area contributed by atoms with Crippen molar-refractivity contribution < 1.29 is 0 Å². The summed E-state index contributed by atoms with van der Waals surface area (Å²) in [7, 11) is 0. The van der Waals surface area contributed by atoms with E-state index in [2.05, 4.69) is 19.1 Å². The minimum atomic E-state index is 1.10. The molecule has 0 aromatic rings. The lowest BCUT2D eigenvalue weighted by Gasteiger charge is -1.74. The van der Waals surface area contributed by atoms with E-state index < -0.39 is 0 Å². The third kappa shape index (κ3) is 8.96. The molecule has 0 aliphatic carbocycles. The summed E-state index contributed by atoms with van der Waals surface area (Å²) in [5.74, 6) is 0. The van der Waals surface area contributed by atoms with Gasteiger partial charge in [0.1, 0.15) is 0 Å². The van der Waals surface area contributed by atoms with E-state index in [-0.39, 0.29) is 0 Å². The van der Waals surface area contributed by atoms with Crippen LogP contribution in [0.4, 0.5) is 0 Å². The largest absolute Gasteiger partial charge is 0.0877 e. The zero-order valence-corrected chi connectivity index (χ0v) is 7.33. The molecule has 0 aliphatic heterocycles. The van der Waals surface area contributed by atoms with Crippen molar-refractivity contribution in [2.24, 2.45) is 0 Å². The van der Waals surface area contributed by atoms with E-state index in [4.69, 9.17) is 0 Å². The summed E-state index contributed by atoms with van der Waals surface area (Å²) in [4.78, 5) is 0. The molecule has 0 radical (unpaired) electrons. The van der Waals surface area contributed by atoms with Gasteiger partial charge in [-0.15, -0.1) is 0 Å². The third-order valence-electron chi connectivity index (χ3n) is 1.12. The van der Waals surface area contributed by atoms with Crippen LogP contribution in [0.15, 0.2) is 48.6 Å². The second kappa shape index (κ2) is 8.96. The first-order chi connectivity index (χ1) is 5.41. The smallest absolute Gasteiger partial charge is 0.0376 e. The fourth-order valence-corrected chi connectivity index (χ4v) is 0.582. The van der Waals surface area contributed by atoms with Crippen LogP contribution >= 0.6 is 0 Å². The summed E-state index contributed by atoms with van der Waals surface area (Å²) < 4.78 is 0. The number of hydrogen-bond acceptors (Lipinski definition) is 0. The highest BCUT2D eigenvalue weighted by atomic mass is 13.7. The standard InChI is InChI=1S/C11H16/c1-3-5-7-9-11-10-8-6-4-2/h3,5-11H,4H2,1-2H3/b5-3-,8-6+,9-7-,11-10+. The Morgan fingerprint density at radius 3 is 1.91 bits per heavy atom. The summed E-state index contributed by atoms with van der Waals surface area (Å²) in [6.45, 7) is 4.13. The molecule has 0 saturated heterocycles. The van der Waals surface area contributed by atoms with Gasteiger partial charge in [-0.2, -0.15) is 0 Å². The molecule has 0 nitrogen and oxygen atoms in total. The Hall–Kier alpha value is -1.04. The van der Waals surface area contributed by atoms with Crippen molar-refractivity contribution >= 4 is 0 Å².